The van der Waals surface area contributed by atoms with E-state index < -0.39 is 10.1 Å². The molecule has 0 atom stereocenters. The zero-order valence-corrected chi connectivity index (χ0v) is 13.1. The summed E-state index contributed by atoms with van der Waals surface area (Å²) in [6, 6.07) is 5.88. The Labute approximate surface area is 128 Å². The van der Waals surface area contributed by atoms with Gasteiger partial charge in [0, 0.05) is 65.7 Å². The Morgan fingerprint density at radius 1 is 1.29 bits per heavy atom. The van der Waals surface area contributed by atoms with Gasteiger partial charge in [0.05, 0.1) is 4.90 Å². The van der Waals surface area contributed by atoms with Crippen LogP contribution in [0.5, 0.6) is 0 Å². The van der Waals surface area contributed by atoms with Crippen LogP contribution in [0.2, 0.25) is 0 Å². The molecule has 2 radical (unpaired) electrons. The van der Waals surface area contributed by atoms with E-state index in [0.717, 1.165) is 0 Å². The fourth-order valence-corrected chi connectivity index (χ4v) is 1.38. The van der Waals surface area contributed by atoms with E-state index in [1.807, 2.05) is 0 Å². The number of hydrogen-bond donors (Lipinski definition) is 2. The van der Waals surface area contributed by atoms with Crippen LogP contribution in [0, 0.1) is 0 Å². The minimum atomic E-state index is -4.09. The quantitative estimate of drug-likeness (QED) is 0.539. The van der Waals surface area contributed by atoms with Gasteiger partial charge in [0.2, 0.25) is 0 Å². The normalized spacial score (nSPS) is 9.86. The molecule has 4 nitrogen and oxygen atoms in total. The summed E-state index contributed by atoms with van der Waals surface area (Å²) in [4.78, 5) is -0.120. The first-order valence-corrected chi connectivity index (χ1v) is 4.74. The van der Waals surface area contributed by atoms with Crippen molar-refractivity contribution in [3.8, 4) is 0 Å². The topological polar surface area (TPSA) is 80.4 Å². The predicted octanol–water partition coefficient (Wildman–Crippen LogP) is -0.370. The van der Waals surface area contributed by atoms with Crippen LogP contribution in [-0.2, 0) is 16.7 Å². The standard InChI is InChI=1S/C7H9NO3S.2Na/c8-5-6-2-1-3-7(4-6)12(9,10)11;;/h1-4H,5,8H2,(H,9,10,11);;. The van der Waals surface area contributed by atoms with Crippen molar-refractivity contribution in [3.05, 3.63) is 29.8 Å². The zero-order chi connectivity index (χ0) is 9.19. The van der Waals surface area contributed by atoms with Crippen molar-refractivity contribution in [3.63, 3.8) is 0 Å². The molecular weight excluding hydrogens is 224 g/mol. The third kappa shape index (κ3) is 5.25. The van der Waals surface area contributed by atoms with Gasteiger partial charge in [0.1, 0.15) is 0 Å². The van der Waals surface area contributed by atoms with Crippen molar-refractivity contribution in [1.29, 1.82) is 0 Å². The third-order valence-electron chi connectivity index (χ3n) is 1.43. The Bertz CT molecular complexity index is 380. The van der Waals surface area contributed by atoms with Crippen molar-refractivity contribution in [2.24, 2.45) is 5.73 Å². The summed E-state index contributed by atoms with van der Waals surface area (Å²) in [5.74, 6) is 0. The maximum atomic E-state index is 10.6. The van der Waals surface area contributed by atoms with Crippen molar-refractivity contribution >= 4 is 69.2 Å². The molecule has 0 saturated heterocycles. The third-order valence-corrected chi connectivity index (χ3v) is 2.28. The summed E-state index contributed by atoms with van der Waals surface area (Å²) < 4.78 is 29.9. The average molecular weight is 233 g/mol. The number of rotatable bonds is 2. The second kappa shape index (κ2) is 7.38. The van der Waals surface area contributed by atoms with Crippen LogP contribution >= 0.6 is 0 Å². The van der Waals surface area contributed by atoms with E-state index in [2.05, 4.69) is 0 Å². The van der Waals surface area contributed by atoms with Gasteiger partial charge in [-0.15, -0.1) is 0 Å². The molecule has 0 saturated carbocycles. The summed E-state index contributed by atoms with van der Waals surface area (Å²) in [5, 5.41) is 0. The summed E-state index contributed by atoms with van der Waals surface area (Å²) in [5.41, 5.74) is 5.96. The molecule has 0 aliphatic heterocycles. The van der Waals surface area contributed by atoms with Gasteiger partial charge in [-0.2, -0.15) is 8.42 Å². The monoisotopic (exact) mass is 233 g/mol. The van der Waals surface area contributed by atoms with Crippen molar-refractivity contribution in [1.82, 2.24) is 0 Å². The molecule has 0 spiro atoms. The number of hydrogen-bond acceptors (Lipinski definition) is 3. The summed E-state index contributed by atoms with van der Waals surface area (Å²) in [7, 11) is -4.09. The Balaban J connectivity index is 0. The van der Waals surface area contributed by atoms with Crippen molar-refractivity contribution in [2.75, 3.05) is 0 Å². The molecule has 1 rings (SSSR count). The van der Waals surface area contributed by atoms with Crippen LogP contribution in [0.15, 0.2) is 29.2 Å². The van der Waals surface area contributed by atoms with E-state index in [9.17, 15) is 8.42 Å². The Morgan fingerprint density at radius 2 is 1.86 bits per heavy atom. The van der Waals surface area contributed by atoms with Crippen LogP contribution in [0.1, 0.15) is 5.56 Å². The largest absolute Gasteiger partial charge is 0.326 e. The van der Waals surface area contributed by atoms with Crippen LogP contribution in [-0.4, -0.2) is 72.1 Å². The van der Waals surface area contributed by atoms with E-state index in [1.165, 1.54) is 18.2 Å². The second-order valence-corrected chi connectivity index (χ2v) is 3.75. The Hall–Kier alpha value is 1.09. The molecule has 68 valence electrons. The van der Waals surface area contributed by atoms with E-state index in [4.69, 9.17) is 10.3 Å². The smallest absolute Gasteiger partial charge is 0.294 e. The predicted molar refractivity (Wildman–Crippen MR) is 55.7 cm³/mol. The molecular formula is C7H9NNa2O3S. The SMILES string of the molecule is NCc1cccc(S(=O)(=O)O)c1.[Na].[Na]. The first kappa shape index (κ1) is 17.5. The van der Waals surface area contributed by atoms with Crippen molar-refractivity contribution in [2.45, 2.75) is 11.4 Å². The van der Waals surface area contributed by atoms with E-state index in [1.54, 1.807) is 6.07 Å². The van der Waals surface area contributed by atoms with Crippen LogP contribution in [0.25, 0.3) is 0 Å². The summed E-state index contributed by atoms with van der Waals surface area (Å²) in [6.45, 7) is 0.253. The molecule has 0 aromatic heterocycles. The van der Waals surface area contributed by atoms with Gasteiger partial charge in [0.15, 0.2) is 0 Å². The van der Waals surface area contributed by atoms with Gasteiger partial charge in [-0.05, 0) is 17.7 Å². The first-order chi connectivity index (χ1) is 5.54. The van der Waals surface area contributed by atoms with E-state index in [0.29, 0.717) is 5.56 Å². The molecule has 7 heteroatoms. The van der Waals surface area contributed by atoms with Gasteiger partial charge in [-0.1, -0.05) is 12.1 Å². The van der Waals surface area contributed by atoms with Crippen LogP contribution in [0.3, 0.4) is 0 Å². The number of nitrogens with two attached hydrogens (primary N) is 1. The molecule has 0 aliphatic rings. The maximum Gasteiger partial charge on any atom is 0.294 e. The molecule has 1 aromatic carbocycles. The number of benzene rings is 1. The first-order valence-electron chi connectivity index (χ1n) is 3.30. The molecule has 0 heterocycles. The Morgan fingerprint density at radius 3 is 2.29 bits per heavy atom. The molecule has 0 fully saturated rings. The van der Waals surface area contributed by atoms with Crippen LogP contribution in [0.4, 0.5) is 0 Å². The summed E-state index contributed by atoms with van der Waals surface area (Å²) >= 11 is 0. The minimum absolute atomic E-state index is 0. The summed E-state index contributed by atoms with van der Waals surface area (Å²) in [6.07, 6.45) is 0. The molecule has 0 unspecified atom stereocenters. The average Bonchev–Trinajstić information content (AvgIpc) is 2.03. The molecule has 0 bridgehead atoms. The van der Waals surface area contributed by atoms with E-state index >= 15 is 0 Å². The van der Waals surface area contributed by atoms with Crippen molar-refractivity contribution < 1.29 is 13.0 Å². The van der Waals surface area contributed by atoms with Gasteiger partial charge < -0.3 is 5.73 Å². The van der Waals surface area contributed by atoms with Gasteiger partial charge >= 0.3 is 0 Å². The Kier molecular flexibility index (Phi) is 9.21. The zero-order valence-electron chi connectivity index (χ0n) is 8.27. The van der Waals surface area contributed by atoms with Gasteiger partial charge in [-0.25, -0.2) is 0 Å². The second-order valence-electron chi connectivity index (χ2n) is 2.33. The minimum Gasteiger partial charge on any atom is -0.326 e. The molecule has 0 aliphatic carbocycles. The van der Waals surface area contributed by atoms with Gasteiger partial charge in [0.25, 0.3) is 10.1 Å². The van der Waals surface area contributed by atoms with Crippen LogP contribution < -0.4 is 5.73 Å². The maximum absolute atomic E-state index is 10.6. The molecule has 0 amide bonds. The van der Waals surface area contributed by atoms with Gasteiger partial charge in [-0.3, -0.25) is 4.55 Å². The molecule has 1 aromatic rings. The fourth-order valence-electron chi connectivity index (χ4n) is 0.833. The fraction of sp³-hybridized carbons (Fsp3) is 0.143. The van der Waals surface area contributed by atoms with E-state index in [-0.39, 0.29) is 70.6 Å². The molecule has 14 heavy (non-hydrogen) atoms. The molecule has 3 N–H and O–H groups in total.